The average molecular weight is 533 g/mol. The molecule has 1 aliphatic carbocycles. The second kappa shape index (κ2) is 13.3. The summed E-state index contributed by atoms with van der Waals surface area (Å²) in [6, 6.07) is 3.05. The molecule has 1 aromatic rings. The molecule has 1 saturated carbocycles. The Kier molecular flexibility index (Phi) is 10.7. The standard InChI is InChI=1S/C27H40N4O7/c1-16-10-11-17(2)19(14-16)23(24(34)29-15-22(33)37-6)31(18-8-7-9-18)25(35)20(12-13-21(28)32)30-26(36)38-27(3,4)5/h10-11,14,18,20,23H,7-9,12-13,15H2,1-6H3,(H2,28,32)(H,29,34)(H,30,36). The summed E-state index contributed by atoms with van der Waals surface area (Å²) in [7, 11) is 1.21. The minimum Gasteiger partial charge on any atom is -0.468 e. The molecule has 11 nitrogen and oxygen atoms in total. The van der Waals surface area contributed by atoms with Gasteiger partial charge in [-0.25, -0.2) is 4.79 Å². The van der Waals surface area contributed by atoms with Gasteiger partial charge in [0.1, 0.15) is 24.2 Å². The summed E-state index contributed by atoms with van der Waals surface area (Å²) in [6.45, 7) is 8.41. The van der Waals surface area contributed by atoms with Crippen LogP contribution >= 0.6 is 0 Å². The van der Waals surface area contributed by atoms with Crippen molar-refractivity contribution < 1.29 is 33.4 Å². The Bertz CT molecular complexity index is 1050. The van der Waals surface area contributed by atoms with E-state index in [2.05, 4.69) is 15.4 Å². The fraction of sp³-hybridized carbons (Fsp3) is 0.593. The van der Waals surface area contributed by atoms with Crippen LogP contribution in [0.25, 0.3) is 0 Å². The number of methoxy groups -OCH3 is 1. The third-order valence-electron chi connectivity index (χ3n) is 6.28. The highest BCUT2D eigenvalue weighted by molar-refractivity contribution is 5.94. The van der Waals surface area contributed by atoms with Crippen LogP contribution in [0.2, 0.25) is 0 Å². The minimum absolute atomic E-state index is 0.0695. The molecule has 11 heteroatoms. The molecule has 0 bridgehead atoms. The van der Waals surface area contributed by atoms with Crippen molar-refractivity contribution in [3.8, 4) is 0 Å². The van der Waals surface area contributed by atoms with E-state index in [-0.39, 0.29) is 25.4 Å². The first-order chi connectivity index (χ1) is 17.7. The maximum absolute atomic E-state index is 14.1. The minimum atomic E-state index is -1.17. The van der Waals surface area contributed by atoms with Gasteiger partial charge in [-0.1, -0.05) is 23.8 Å². The van der Waals surface area contributed by atoms with Crippen molar-refractivity contribution in [2.75, 3.05) is 13.7 Å². The number of carbonyl (C=O) groups excluding carboxylic acids is 5. The summed E-state index contributed by atoms with van der Waals surface area (Å²) in [5.74, 6) is -2.37. The Hall–Kier alpha value is -3.63. The molecule has 0 aliphatic heterocycles. The van der Waals surface area contributed by atoms with E-state index >= 15 is 0 Å². The zero-order valence-electron chi connectivity index (χ0n) is 23.1. The van der Waals surface area contributed by atoms with Gasteiger partial charge in [0.2, 0.25) is 17.7 Å². The van der Waals surface area contributed by atoms with Crippen LogP contribution in [0.15, 0.2) is 18.2 Å². The molecule has 0 saturated heterocycles. The first-order valence-electron chi connectivity index (χ1n) is 12.7. The first kappa shape index (κ1) is 30.6. The van der Waals surface area contributed by atoms with E-state index in [1.807, 2.05) is 32.0 Å². The zero-order valence-corrected chi connectivity index (χ0v) is 23.1. The van der Waals surface area contributed by atoms with Gasteiger partial charge in [-0.15, -0.1) is 0 Å². The van der Waals surface area contributed by atoms with Crippen LogP contribution in [-0.2, 0) is 28.7 Å². The number of nitrogens with one attached hydrogen (secondary N) is 2. The van der Waals surface area contributed by atoms with Crippen LogP contribution in [0.3, 0.4) is 0 Å². The van der Waals surface area contributed by atoms with E-state index < -0.39 is 47.5 Å². The highest BCUT2D eigenvalue weighted by atomic mass is 16.6. The van der Waals surface area contributed by atoms with Crippen LogP contribution in [0, 0.1) is 13.8 Å². The predicted octanol–water partition coefficient (Wildman–Crippen LogP) is 2.17. The summed E-state index contributed by atoms with van der Waals surface area (Å²) >= 11 is 0. The lowest BCUT2D eigenvalue weighted by Crippen LogP contribution is -2.58. The molecular formula is C27H40N4O7. The quantitative estimate of drug-likeness (QED) is 0.369. The third kappa shape index (κ3) is 8.74. The number of esters is 1. The first-order valence-corrected chi connectivity index (χ1v) is 12.7. The highest BCUT2D eigenvalue weighted by Crippen LogP contribution is 2.35. The molecule has 1 aliphatic rings. The van der Waals surface area contributed by atoms with Gasteiger partial charge in [0.25, 0.3) is 0 Å². The lowest BCUT2D eigenvalue weighted by Gasteiger charge is -2.44. The molecular weight excluding hydrogens is 492 g/mol. The summed E-state index contributed by atoms with van der Waals surface area (Å²) in [6.07, 6.45) is 1.13. The van der Waals surface area contributed by atoms with Crippen molar-refractivity contribution in [3.63, 3.8) is 0 Å². The van der Waals surface area contributed by atoms with E-state index in [0.717, 1.165) is 17.5 Å². The van der Waals surface area contributed by atoms with E-state index in [4.69, 9.17) is 10.5 Å². The van der Waals surface area contributed by atoms with Crippen LogP contribution in [0.5, 0.6) is 0 Å². The number of nitrogens with zero attached hydrogens (tertiary/aromatic N) is 1. The highest BCUT2D eigenvalue weighted by Gasteiger charge is 2.42. The number of hydrogen-bond donors (Lipinski definition) is 3. The predicted molar refractivity (Wildman–Crippen MR) is 140 cm³/mol. The second-order valence-electron chi connectivity index (χ2n) is 10.6. The molecule has 2 atom stereocenters. The Morgan fingerprint density at radius 1 is 1.13 bits per heavy atom. The van der Waals surface area contributed by atoms with Crippen LogP contribution in [0.4, 0.5) is 4.79 Å². The van der Waals surface area contributed by atoms with E-state index in [1.165, 1.54) is 12.0 Å². The van der Waals surface area contributed by atoms with Gasteiger partial charge in [0, 0.05) is 12.5 Å². The van der Waals surface area contributed by atoms with E-state index in [0.29, 0.717) is 18.4 Å². The molecule has 0 spiro atoms. The number of primary amides is 1. The van der Waals surface area contributed by atoms with Crippen LogP contribution < -0.4 is 16.4 Å². The smallest absolute Gasteiger partial charge is 0.408 e. The average Bonchev–Trinajstić information content (AvgIpc) is 2.78. The maximum atomic E-state index is 14.1. The van der Waals surface area contributed by atoms with Crippen molar-refractivity contribution >= 4 is 29.8 Å². The van der Waals surface area contributed by atoms with Crippen molar-refractivity contribution in [1.29, 1.82) is 0 Å². The molecule has 38 heavy (non-hydrogen) atoms. The number of nitrogens with two attached hydrogens (primary N) is 1. The van der Waals surface area contributed by atoms with Gasteiger partial charge < -0.3 is 30.7 Å². The summed E-state index contributed by atoms with van der Waals surface area (Å²) in [5, 5.41) is 5.16. The number of rotatable bonds is 11. The molecule has 2 rings (SSSR count). The molecule has 0 heterocycles. The van der Waals surface area contributed by atoms with Gasteiger partial charge >= 0.3 is 12.1 Å². The topological polar surface area (TPSA) is 157 Å². The van der Waals surface area contributed by atoms with Crippen LogP contribution in [-0.4, -0.2) is 66.0 Å². The lowest BCUT2D eigenvalue weighted by molar-refractivity contribution is -0.148. The number of alkyl carbamates (subject to hydrolysis) is 1. The normalized spacial score (nSPS) is 14.9. The summed E-state index contributed by atoms with van der Waals surface area (Å²) in [4.78, 5) is 65.2. The van der Waals surface area contributed by atoms with Crippen molar-refractivity contribution in [2.24, 2.45) is 5.73 Å². The van der Waals surface area contributed by atoms with Gasteiger partial charge in [0.05, 0.1) is 7.11 Å². The molecule has 0 radical (unpaired) electrons. The molecule has 1 aromatic carbocycles. The fourth-order valence-electron chi connectivity index (χ4n) is 4.16. The molecule has 210 valence electrons. The fourth-order valence-corrected chi connectivity index (χ4v) is 4.16. The molecule has 4 N–H and O–H groups in total. The van der Waals surface area contributed by atoms with Crippen LogP contribution in [0.1, 0.15) is 75.6 Å². The number of carbonyl (C=O) groups is 5. The van der Waals surface area contributed by atoms with E-state index in [1.54, 1.807) is 20.8 Å². The number of amides is 4. The molecule has 2 unspecified atom stereocenters. The lowest BCUT2D eigenvalue weighted by atomic mass is 9.86. The van der Waals surface area contributed by atoms with Crippen molar-refractivity contribution in [2.45, 2.75) is 90.4 Å². The molecule has 1 fully saturated rings. The Balaban J connectivity index is 2.54. The van der Waals surface area contributed by atoms with E-state index in [9.17, 15) is 24.0 Å². The number of benzene rings is 1. The number of hydrogen-bond acceptors (Lipinski definition) is 7. The number of aryl methyl sites for hydroxylation is 2. The van der Waals surface area contributed by atoms with Gasteiger partial charge in [-0.2, -0.15) is 0 Å². The Labute approximate surface area is 223 Å². The SMILES string of the molecule is COC(=O)CNC(=O)C(c1cc(C)ccc1C)N(C(=O)C(CCC(N)=O)NC(=O)OC(C)(C)C)C1CCC1. The monoisotopic (exact) mass is 532 g/mol. The maximum Gasteiger partial charge on any atom is 0.408 e. The van der Waals surface area contributed by atoms with Gasteiger partial charge in [-0.05, 0) is 71.4 Å². The van der Waals surface area contributed by atoms with Crippen molar-refractivity contribution in [3.05, 3.63) is 34.9 Å². The largest absolute Gasteiger partial charge is 0.468 e. The Morgan fingerprint density at radius 2 is 1.79 bits per heavy atom. The molecule has 4 amide bonds. The zero-order chi connectivity index (χ0) is 28.6. The van der Waals surface area contributed by atoms with Gasteiger partial charge in [-0.3, -0.25) is 19.2 Å². The number of ether oxygens (including phenoxy) is 2. The third-order valence-corrected chi connectivity index (χ3v) is 6.28. The Morgan fingerprint density at radius 3 is 2.32 bits per heavy atom. The second-order valence-corrected chi connectivity index (χ2v) is 10.6. The summed E-state index contributed by atoms with van der Waals surface area (Å²) < 4.78 is 10.00. The van der Waals surface area contributed by atoms with Gasteiger partial charge in [0.15, 0.2) is 0 Å². The molecule has 0 aromatic heterocycles. The summed E-state index contributed by atoms with van der Waals surface area (Å²) in [5.41, 5.74) is 6.79. The van der Waals surface area contributed by atoms with Crippen molar-refractivity contribution in [1.82, 2.24) is 15.5 Å².